The first-order chi connectivity index (χ1) is 13.2. The number of anilines is 1. The average Bonchev–Trinajstić information content (AvgIpc) is 3.45. The van der Waals surface area contributed by atoms with Crippen LogP contribution in [0.3, 0.4) is 0 Å². The minimum Gasteiger partial charge on any atom is -0.348 e. The quantitative estimate of drug-likeness (QED) is 0.624. The fraction of sp³-hybridized carbons (Fsp3) is 0.429. The van der Waals surface area contributed by atoms with Gasteiger partial charge in [-0.3, -0.25) is 14.5 Å². The predicted octanol–water partition coefficient (Wildman–Crippen LogP) is -1.18. The molecular formula is C21H26N4O2+2. The summed E-state index contributed by atoms with van der Waals surface area (Å²) in [5.74, 6) is 0.306. The summed E-state index contributed by atoms with van der Waals surface area (Å²) in [6.07, 6.45) is 2.27. The van der Waals surface area contributed by atoms with Crippen LogP contribution in [0.1, 0.15) is 23.2 Å². The zero-order valence-corrected chi connectivity index (χ0v) is 15.5. The van der Waals surface area contributed by atoms with Gasteiger partial charge in [0, 0.05) is 11.4 Å². The van der Waals surface area contributed by atoms with Gasteiger partial charge in [-0.25, -0.2) is 0 Å². The lowest BCUT2D eigenvalue weighted by atomic mass is 10.1. The van der Waals surface area contributed by atoms with E-state index < -0.39 is 0 Å². The van der Waals surface area contributed by atoms with Crippen molar-refractivity contribution >= 4 is 28.3 Å². The van der Waals surface area contributed by atoms with E-state index in [0.717, 1.165) is 61.0 Å². The predicted molar refractivity (Wildman–Crippen MR) is 103 cm³/mol. The molecule has 1 saturated heterocycles. The third-order valence-corrected chi connectivity index (χ3v) is 6.05. The number of nitrogens with one attached hydrogen (secondary N) is 3. The number of carbonyl (C=O) groups excluding carboxylic acids is 2. The maximum absolute atomic E-state index is 12.9. The second-order valence-corrected chi connectivity index (χ2v) is 8.09. The van der Waals surface area contributed by atoms with Crippen LogP contribution >= 0.6 is 0 Å². The Labute approximate surface area is 158 Å². The van der Waals surface area contributed by atoms with Gasteiger partial charge < -0.3 is 15.1 Å². The number of quaternary nitrogens is 2. The molecule has 27 heavy (non-hydrogen) atoms. The zero-order chi connectivity index (χ0) is 18.4. The average molecular weight is 366 g/mol. The highest BCUT2D eigenvalue weighted by molar-refractivity contribution is 6.24. The molecule has 2 aliphatic heterocycles. The van der Waals surface area contributed by atoms with E-state index in [1.54, 1.807) is 0 Å². The molecule has 0 aromatic heterocycles. The van der Waals surface area contributed by atoms with Gasteiger partial charge in [0.2, 0.25) is 0 Å². The SMILES string of the molecule is O=C(C[NH+]1CC[NH+](CN2C(=O)c3cccc4cccc2c34)CC1)NC1CC1. The van der Waals surface area contributed by atoms with Crippen LogP contribution in [0.4, 0.5) is 5.69 Å². The summed E-state index contributed by atoms with van der Waals surface area (Å²) in [4.78, 5) is 29.6. The molecule has 1 saturated carbocycles. The minimum absolute atomic E-state index is 0.118. The second kappa shape index (κ2) is 6.62. The number of piperazine rings is 1. The van der Waals surface area contributed by atoms with Crippen LogP contribution in [0, 0.1) is 0 Å². The summed E-state index contributed by atoms with van der Waals surface area (Å²) in [5.41, 5.74) is 1.86. The summed E-state index contributed by atoms with van der Waals surface area (Å²) < 4.78 is 0. The molecule has 0 spiro atoms. The molecule has 2 aromatic rings. The number of benzene rings is 2. The van der Waals surface area contributed by atoms with Crippen molar-refractivity contribution in [1.82, 2.24) is 5.32 Å². The molecule has 6 heteroatoms. The molecule has 2 aromatic carbocycles. The lowest BCUT2D eigenvalue weighted by Crippen LogP contribution is -3.29. The van der Waals surface area contributed by atoms with E-state index in [4.69, 9.17) is 0 Å². The van der Waals surface area contributed by atoms with E-state index in [-0.39, 0.29) is 11.8 Å². The van der Waals surface area contributed by atoms with Gasteiger partial charge in [0.15, 0.2) is 13.2 Å². The van der Waals surface area contributed by atoms with Crippen LogP contribution in [0.25, 0.3) is 10.8 Å². The topological polar surface area (TPSA) is 58.3 Å². The number of hydrogen-bond donors (Lipinski definition) is 3. The lowest BCUT2D eigenvalue weighted by Gasteiger charge is -2.31. The van der Waals surface area contributed by atoms with Crippen molar-refractivity contribution in [3.8, 4) is 0 Å². The molecule has 2 fully saturated rings. The normalized spacial score (nSPS) is 24.4. The highest BCUT2D eigenvalue weighted by Crippen LogP contribution is 2.36. The first kappa shape index (κ1) is 16.7. The fourth-order valence-electron chi connectivity index (χ4n) is 4.39. The smallest absolute Gasteiger partial charge is 0.275 e. The number of nitrogens with zero attached hydrogens (tertiary/aromatic N) is 1. The number of rotatable bonds is 5. The molecule has 6 nitrogen and oxygen atoms in total. The van der Waals surface area contributed by atoms with Gasteiger partial charge in [0.1, 0.15) is 26.2 Å². The van der Waals surface area contributed by atoms with E-state index in [1.165, 1.54) is 9.80 Å². The zero-order valence-electron chi connectivity index (χ0n) is 15.5. The molecule has 0 atom stereocenters. The van der Waals surface area contributed by atoms with Crippen LogP contribution in [0.5, 0.6) is 0 Å². The highest BCUT2D eigenvalue weighted by Gasteiger charge is 2.34. The third kappa shape index (κ3) is 3.19. The molecule has 3 N–H and O–H groups in total. The Morgan fingerprint density at radius 3 is 2.48 bits per heavy atom. The maximum Gasteiger partial charge on any atom is 0.275 e. The Bertz CT molecular complexity index is 895. The lowest BCUT2D eigenvalue weighted by molar-refractivity contribution is -1.01. The Morgan fingerprint density at radius 1 is 1.04 bits per heavy atom. The molecule has 0 unspecified atom stereocenters. The number of amides is 2. The van der Waals surface area contributed by atoms with Crippen LogP contribution in [-0.4, -0.2) is 57.2 Å². The highest BCUT2D eigenvalue weighted by atomic mass is 16.2. The Balaban J connectivity index is 1.22. The summed E-state index contributed by atoms with van der Waals surface area (Å²) in [5, 5.41) is 5.30. The summed E-state index contributed by atoms with van der Waals surface area (Å²) >= 11 is 0. The monoisotopic (exact) mass is 366 g/mol. The van der Waals surface area contributed by atoms with Crippen molar-refractivity contribution in [2.45, 2.75) is 18.9 Å². The van der Waals surface area contributed by atoms with Gasteiger partial charge in [-0.1, -0.05) is 24.3 Å². The Kier molecular flexibility index (Phi) is 4.10. The second-order valence-electron chi connectivity index (χ2n) is 8.09. The third-order valence-electron chi connectivity index (χ3n) is 6.05. The van der Waals surface area contributed by atoms with E-state index in [2.05, 4.69) is 23.5 Å². The van der Waals surface area contributed by atoms with Gasteiger partial charge in [0.25, 0.3) is 11.8 Å². The number of carbonyl (C=O) groups is 2. The summed E-state index contributed by atoms with van der Waals surface area (Å²) in [6.45, 7) is 5.22. The maximum atomic E-state index is 12.9. The van der Waals surface area contributed by atoms with Gasteiger partial charge >= 0.3 is 0 Å². The molecule has 1 aliphatic carbocycles. The molecular weight excluding hydrogens is 340 g/mol. The first-order valence-electron chi connectivity index (χ1n) is 9.99. The van der Waals surface area contributed by atoms with Crippen LogP contribution < -0.4 is 20.0 Å². The Hall–Kier alpha value is -2.44. The molecule has 3 aliphatic rings. The van der Waals surface area contributed by atoms with Gasteiger partial charge in [-0.15, -0.1) is 0 Å². The largest absolute Gasteiger partial charge is 0.348 e. The standard InChI is InChI=1S/C21H24N4O2/c26-19(22-16-7-8-16)13-23-9-11-24(12-10-23)14-25-18-6-2-4-15-3-1-5-17(20(15)18)21(25)27/h1-6,16H,7-14H2,(H,22,26)/p+2. The van der Waals surface area contributed by atoms with E-state index in [1.807, 2.05) is 23.1 Å². The number of hydrogen-bond acceptors (Lipinski definition) is 2. The van der Waals surface area contributed by atoms with Crippen molar-refractivity contribution in [1.29, 1.82) is 0 Å². The molecule has 2 heterocycles. The summed E-state index contributed by atoms with van der Waals surface area (Å²) in [6, 6.07) is 12.6. The first-order valence-corrected chi connectivity index (χ1v) is 9.99. The van der Waals surface area contributed by atoms with Crippen molar-refractivity contribution in [3.05, 3.63) is 42.0 Å². The van der Waals surface area contributed by atoms with Crippen LogP contribution in [0.2, 0.25) is 0 Å². The van der Waals surface area contributed by atoms with Crippen molar-refractivity contribution in [2.75, 3.05) is 44.3 Å². The van der Waals surface area contributed by atoms with E-state index in [0.29, 0.717) is 19.3 Å². The molecule has 0 bridgehead atoms. The molecule has 140 valence electrons. The van der Waals surface area contributed by atoms with Gasteiger partial charge in [-0.2, -0.15) is 0 Å². The Morgan fingerprint density at radius 2 is 1.74 bits per heavy atom. The summed E-state index contributed by atoms with van der Waals surface area (Å²) in [7, 11) is 0. The van der Waals surface area contributed by atoms with Crippen molar-refractivity contribution in [3.63, 3.8) is 0 Å². The molecule has 5 rings (SSSR count). The van der Waals surface area contributed by atoms with Crippen molar-refractivity contribution in [2.24, 2.45) is 0 Å². The van der Waals surface area contributed by atoms with E-state index >= 15 is 0 Å². The van der Waals surface area contributed by atoms with Crippen LogP contribution in [-0.2, 0) is 4.79 Å². The molecule has 0 radical (unpaired) electrons. The van der Waals surface area contributed by atoms with Gasteiger partial charge in [0.05, 0.1) is 11.3 Å². The molecule has 2 amide bonds. The van der Waals surface area contributed by atoms with E-state index in [9.17, 15) is 9.59 Å². The fourth-order valence-corrected chi connectivity index (χ4v) is 4.39. The minimum atomic E-state index is 0.118. The van der Waals surface area contributed by atoms with Crippen molar-refractivity contribution < 1.29 is 19.4 Å². The van der Waals surface area contributed by atoms with Crippen LogP contribution in [0.15, 0.2) is 36.4 Å². The van der Waals surface area contributed by atoms with Gasteiger partial charge in [-0.05, 0) is 30.4 Å².